The van der Waals surface area contributed by atoms with Crippen LogP contribution in [0.3, 0.4) is 0 Å². The SMILES string of the molecule is CC1Nc2ccc3ccccc3c2OC1CCO. The second kappa shape index (κ2) is 4.50. The van der Waals surface area contributed by atoms with Crippen molar-refractivity contribution < 1.29 is 9.84 Å². The first-order valence-electron chi connectivity index (χ1n) is 6.35. The molecule has 3 nitrogen and oxygen atoms in total. The summed E-state index contributed by atoms with van der Waals surface area (Å²) in [5.74, 6) is 0.907. The number of aliphatic hydroxyl groups is 1. The first kappa shape index (κ1) is 11.4. The second-order valence-corrected chi connectivity index (χ2v) is 4.76. The molecular formula is C15H17NO2. The molecule has 94 valence electrons. The summed E-state index contributed by atoms with van der Waals surface area (Å²) in [6.45, 7) is 2.23. The van der Waals surface area contributed by atoms with Crippen molar-refractivity contribution in [1.82, 2.24) is 0 Å². The van der Waals surface area contributed by atoms with Crippen molar-refractivity contribution in [3.8, 4) is 5.75 Å². The highest BCUT2D eigenvalue weighted by molar-refractivity contribution is 5.93. The van der Waals surface area contributed by atoms with Crippen LogP contribution in [0.15, 0.2) is 36.4 Å². The topological polar surface area (TPSA) is 41.5 Å². The quantitative estimate of drug-likeness (QED) is 0.852. The van der Waals surface area contributed by atoms with E-state index in [4.69, 9.17) is 9.84 Å². The van der Waals surface area contributed by atoms with E-state index in [9.17, 15) is 0 Å². The minimum absolute atomic E-state index is 0.0216. The molecule has 18 heavy (non-hydrogen) atoms. The molecule has 0 saturated heterocycles. The first-order valence-corrected chi connectivity index (χ1v) is 6.35. The normalized spacial score (nSPS) is 22.1. The molecule has 0 spiro atoms. The first-order chi connectivity index (χ1) is 8.79. The van der Waals surface area contributed by atoms with E-state index in [0.717, 1.165) is 16.8 Å². The van der Waals surface area contributed by atoms with Crippen molar-refractivity contribution in [2.45, 2.75) is 25.5 Å². The molecule has 1 aliphatic heterocycles. The van der Waals surface area contributed by atoms with E-state index in [1.165, 1.54) is 5.39 Å². The molecule has 2 N–H and O–H groups in total. The number of anilines is 1. The zero-order valence-electron chi connectivity index (χ0n) is 10.4. The summed E-state index contributed by atoms with van der Waals surface area (Å²) in [5.41, 5.74) is 1.04. The number of aliphatic hydroxyl groups excluding tert-OH is 1. The average Bonchev–Trinajstić information content (AvgIpc) is 2.40. The third-order valence-corrected chi connectivity index (χ3v) is 3.50. The monoisotopic (exact) mass is 243 g/mol. The van der Waals surface area contributed by atoms with E-state index in [1.807, 2.05) is 12.1 Å². The van der Waals surface area contributed by atoms with Gasteiger partial charge in [0.1, 0.15) is 6.10 Å². The van der Waals surface area contributed by atoms with Crippen molar-refractivity contribution in [2.75, 3.05) is 11.9 Å². The highest BCUT2D eigenvalue weighted by Crippen LogP contribution is 2.38. The Bertz CT molecular complexity index is 567. The maximum absolute atomic E-state index is 9.09. The van der Waals surface area contributed by atoms with Gasteiger partial charge in [0, 0.05) is 18.4 Å². The number of hydrogen-bond donors (Lipinski definition) is 2. The lowest BCUT2D eigenvalue weighted by Crippen LogP contribution is -2.39. The Morgan fingerprint density at radius 3 is 2.89 bits per heavy atom. The Hall–Kier alpha value is -1.74. The van der Waals surface area contributed by atoms with Crippen LogP contribution in [0.5, 0.6) is 5.75 Å². The molecular weight excluding hydrogens is 226 g/mol. The van der Waals surface area contributed by atoms with Gasteiger partial charge in [-0.25, -0.2) is 0 Å². The molecule has 1 aliphatic rings. The maximum Gasteiger partial charge on any atom is 0.150 e. The van der Waals surface area contributed by atoms with Crippen LogP contribution in [-0.2, 0) is 0 Å². The second-order valence-electron chi connectivity index (χ2n) is 4.76. The van der Waals surface area contributed by atoms with Crippen molar-refractivity contribution in [2.24, 2.45) is 0 Å². The Labute approximate surface area is 106 Å². The zero-order chi connectivity index (χ0) is 12.5. The molecule has 3 rings (SSSR count). The van der Waals surface area contributed by atoms with Crippen LogP contribution < -0.4 is 10.1 Å². The van der Waals surface area contributed by atoms with Crippen LogP contribution in [0.4, 0.5) is 5.69 Å². The Morgan fingerprint density at radius 2 is 2.06 bits per heavy atom. The van der Waals surface area contributed by atoms with Gasteiger partial charge in [0.15, 0.2) is 5.75 Å². The summed E-state index contributed by atoms with van der Waals surface area (Å²) in [6.07, 6.45) is 0.671. The summed E-state index contributed by atoms with van der Waals surface area (Å²) in [6, 6.07) is 12.6. The van der Waals surface area contributed by atoms with Crippen molar-refractivity contribution in [3.63, 3.8) is 0 Å². The Morgan fingerprint density at radius 1 is 1.22 bits per heavy atom. The maximum atomic E-state index is 9.09. The summed E-state index contributed by atoms with van der Waals surface area (Å²) >= 11 is 0. The van der Waals surface area contributed by atoms with Crippen LogP contribution in [-0.4, -0.2) is 23.9 Å². The predicted octanol–water partition coefficient (Wildman–Crippen LogP) is 2.78. The van der Waals surface area contributed by atoms with Gasteiger partial charge in [0.2, 0.25) is 0 Å². The number of rotatable bonds is 2. The van der Waals surface area contributed by atoms with Crippen LogP contribution in [0.2, 0.25) is 0 Å². The van der Waals surface area contributed by atoms with Gasteiger partial charge in [-0.1, -0.05) is 30.3 Å². The molecule has 0 saturated carbocycles. The molecule has 0 aliphatic carbocycles. The van der Waals surface area contributed by atoms with E-state index in [1.54, 1.807) is 0 Å². The molecule has 2 aromatic rings. The molecule has 2 unspecified atom stereocenters. The fourth-order valence-corrected chi connectivity index (χ4v) is 2.51. The molecule has 2 aromatic carbocycles. The minimum Gasteiger partial charge on any atom is -0.485 e. The lowest BCUT2D eigenvalue weighted by Gasteiger charge is -2.33. The van der Waals surface area contributed by atoms with Crippen LogP contribution in [0, 0.1) is 0 Å². The molecule has 0 radical (unpaired) electrons. The van der Waals surface area contributed by atoms with E-state index in [-0.39, 0.29) is 18.8 Å². The summed E-state index contributed by atoms with van der Waals surface area (Å²) in [4.78, 5) is 0. The van der Waals surface area contributed by atoms with Gasteiger partial charge in [-0.05, 0) is 18.4 Å². The van der Waals surface area contributed by atoms with Crippen molar-refractivity contribution in [3.05, 3.63) is 36.4 Å². The number of nitrogens with one attached hydrogen (secondary N) is 1. The van der Waals surface area contributed by atoms with Crippen LogP contribution in [0.1, 0.15) is 13.3 Å². The van der Waals surface area contributed by atoms with Gasteiger partial charge in [-0.15, -0.1) is 0 Å². The third-order valence-electron chi connectivity index (χ3n) is 3.50. The van der Waals surface area contributed by atoms with Gasteiger partial charge in [0.25, 0.3) is 0 Å². The largest absolute Gasteiger partial charge is 0.485 e. The van der Waals surface area contributed by atoms with Crippen molar-refractivity contribution in [1.29, 1.82) is 0 Å². The fourth-order valence-electron chi connectivity index (χ4n) is 2.51. The van der Waals surface area contributed by atoms with E-state index in [0.29, 0.717) is 6.42 Å². The van der Waals surface area contributed by atoms with Gasteiger partial charge >= 0.3 is 0 Å². The number of hydrogen-bond acceptors (Lipinski definition) is 3. The molecule has 0 aromatic heterocycles. The smallest absolute Gasteiger partial charge is 0.150 e. The minimum atomic E-state index is 0.0216. The van der Waals surface area contributed by atoms with E-state index >= 15 is 0 Å². The highest BCUT2D eigenvalue weighted by atomic mass is 16.5. The highest BCUT2D eigenvalue weighted by Gasteiger charge is 2.26. The van der Waals surface area contributed by atoms with Gasteiger partial charge in [-0.3, -0.25) is 0 Å². The summed E-state index contributed by atoms with van der Waals surface area (Å²) in [7, 11) is 0. The molecule has 0 amide bonds. The molecule has 2 atom stereocenters. The Balaban J connectivity index is 2.08. The molecule has 1 heterocycles. The average molecular weight is 243 g/mol. The van der Waals surface area contributed by atoms with E-state index in [2.05, 4.69) is 36.5 Å². The number of benzene rings is 2. The lowest BCUT2D eigenvalue weighted by atomic mass is 10.0. The number of fused-ring (bicyclic) bond motifs is 3. The zero-order valence-corrected chi connectivity index (χ0v) is 10.4. The lowest BCUT2D eigenvalue weighted by molar-refractivity contribution is 0.136. The van der Waals surface area contributed by atoms with Crippen LogP contribution in [0.25, 0.3) is 10.8 Å². The predicted molar refractivity (Wildman–Crippen MR) is 73.2 cm³/mol. The standard InChI is InChI=1S/C15H17NO2/c1-10-14(8-9-17)18-15-12-5-3-2-4-11(12)6-7-13(15)16-10/h2-7,10,14,16-17H,8-9H2,1H3. The van der Waals surface area contributed by atoms with Crippen LogP contribution >= 0.6 is 0 Å². The molecule has 3 heteroatoms. The summed E-state index contributed by atoms with van der Waals surface area (Å²) in [5, 5.41) is 14.8. The fraction of sp³-hybridized carbons (Fsp3) is 0.333. The molecule has 0 bridgehead atoms. The summed E-state index contributed by atoms with van der Waals surface area (Å²) < 4.78 is 6.08. The third kappa shape index (κ3) is 1.81. The Kier molecular flexibility index (Phi) is 2.84. The van der Waals surface area contributed by atoms with Gasteiger partial charge in [0.05, 0.1) is 11.7 Å². The number of ether oxygens (including phenoxy) is 1. The van der Waals surface area contributed by atoms with Gasteiger partial charge in [-0.2, -0.15) is 0 Å². The van der Waals surface area contributed by atoms with E-state index < -0.39 is 0 Å². The van der Waals surface area contributed by atoms with Crippen molar-refractivity contribution >= 4 is 16.5 Å². The molecule has 0 fully saturated rings. The van der Waals surface area contributed by atoms with Gasteiger partial charge < -0.3 is 15.2 Å².